The summed E-state index contributed by atoms with van der Waals surface area (Å²) >= 11 is 0. The highest BCUT2D eigenvalue weighted by molar-refractivity contribution is 5.91. The molecule has 1 aromatic heterocycles. The van der Waals surface area contributed by atoms with Crippen LogP contribution in [-0.2, 0) is 24.4 Å². The van der Waals surface area contributed by atoms with Crippen molar-refractivity contribution < 1.29 is 9.53 Å². The molecule has 29 heavy (non-hydrogen) atoms. The number of methoxy groups -OCH3 is 1. The number of ether oxygens (including phenoxy) is 1. The predicted octanol–water partition coefficient (Wildman–Crippen LogP) is 2.05. The molecule has 1 aliphatic heterocycles. The number of likely N-dealkylation sites (tertiary alicyclic amines) is 1. The Morgan fingerprint density at radius 2 is 1.97 bits per heavy atom. The van der Waals surface area contributed by atoms with Crippen LogP contribution in [0.4, 0.5) is 0 Å². The molecule has 1 aromatic carbocycles. The maximum absolute atomic E-state index is 12.5. The van der Waals surface area contributed by atoms with Crippen molar-refractivity contribution >= 4 is 5.91 Å². The Kier molecular flexibility index (Phi) is 7.55. The molecule has 0 atom stereocenters. The Morgan fingerprint density at radius 3 is 2.72 bits per heavy atom. The first kappa shape index (κ1) is 21.2. The molecular weight excluding hydrogens is 368 g/mol. The third-order valence-corrected chi connectivity index (χ3v) is 5.33. The smallest absolute Gasteiger partial charge is 0.271 e. The quantitative estimate of drug-likeness (QED) is 0.737. The number of piperidine rings is 1. The average Bonchev–Trinajstić information content (AvgIpc) is 2.73. The number of nitrogens with zero attached hydrogens (tertiary/aromatic N) is 3. The Hall–Kier alpha value is -2.51. The molecule has 1 saturated heterocycles. The first-order chi connectivity index (χ1) is 14.0. The number of carbonyl (C=O) groups excluding carboxylic acids is 1. The van der Waals surface area contributed by atoms with Gasteiger partial charge in [0.25, 0.3) is 11.5 Å². The molecule has 3 rings (SSSR count). The van der Waals surface area contributed by atoms with Gasteiger partial charge in [-0.25, -0.2) is 4.68 Å². The molecule has 7 heteroatoms. The molecule has 156 valence electrons. The van der Waals surface area contributed by atoms with Gasteiger partial charge in [0.15, 0.2) is 0 Å². The van der Waals surface area contributed by atoms with E-state index in [1.165, 1.54) is 35.2 Å². The van der Waals surface area contributed by atoms with Crippen LogP contribution >= 0.6 is 0 Å². The van der Waals surface area contributed by atoms with Gasteiger partial charge in [-0.15, -0.1) is 0 Å². The number of hydrogen-bond acceptors (Lipinski definition) is 5. The molecule has 7 nitrogen and oxygen atoms in total. The minimum Gasteiger partial charge on any atom is -0.383 e. The van der Waals surface area contributed by atoms with Crippen LogP contribution in [0.15, 0.2) is 41.2 Å². The lowest BCUT2D eigenvalue weighted by atomic mass is 9.98. The monoisotopic (exact) mass is 398 g/mol. The van der Waals surface area contributed by atoms with Gasteiger partial charge in [-0.1, -0.05) is 31.2 Å². The number of nitrogens with one attached hydrogen (secondary N) is 1. The van der Waals surface area contributed by atoms with E-state index in [1.54, 1.807) is 7.11 Å². The maximum Gasteiger partial charge on any atom is 0.271 e. The second-order valence-corrected chi connectivity index (χ2v) is 7.73. The molecule has 1 fully saturated rings. The molecule has 0 radical (unpaired) electrons. The van der Waals surface area contributed by atoms with Crippen LogP contribution < -0.4 is 10.9 Å². The van der Waals surface area contributed by atoms with E-state index in [0.717, 1.165) is 31.1 Å². The summed E-state index contributed by atoms with van der Waals surface area (Å²) in [4.78, 5) is 26.8. The fourth-order valence-corrected chi connectivity index (χ4v) is 3.50. The molecule has 2 heterocycles. The zero-order valence-corrected chi connectivity index (χ0v) is 17.3. The van der Waals surface area contributed by atoms with Crippen LogP contribution in [0.25, 0.3) is 0 Å². The number of hydrogen-bond donors (Lipinski definition) is 1. The van der Waals surface area contributed by atoms with Gasteiger partial charge in [-0.2, -0.15) is 5.10 Å². The van der Waals surface area contributed by atoms with Crippen LogP contribution in [-0.4, -0.2) is 47.4 Å². The Bertz CT molecular complexity index is 872. The van der Waals surface area contributed by atoms with Crippen molar-refractivity contribution in [3.05, 3.63) is 63.6 Å². The third kappa shape index (κ3) is 6.24. The topological polar surface area (TPSA) is 76.5 Å². The van der Waals surface area contributed by atoms with Gasteiger partial charge < -0.3 is 10.1 Å². The second-order valence-electron chi connectivity index (χ2n) is 7.73. The van der Waals surface area contributed by atoms with E-state index in [0.29, 0.717) is 19.7 Å². The van der Waals surface area contributed by atoms with Crippen molar-refractivity contribution in [1.29, 1.82) is 0 Å². The van der Waals surface area contributed by atoms with Gasteiger partial charge in [0, 0.05) is 26.3 Å². The number of aromatic nitrogens is 2. The van der Waals surface area contributed by atoms with Crippen LogP contribution in [0.2, 0.25) is 0 Å². The summed E-state index contributed by atoms with van der Waals surface area (Å²) in [6.45, 7) is 6.65. The van der Waals surface area contributed by atoms with E-state index < -0.39 is 0 Å². The lowest BCUT2D eigenvalue weighted by Crippen LogP contribution is -2.32. The minimum atomic E-state index is -0.299. The maximum atomic E-state index is 12.5. The SMILES string of the molecule is COCCn1nc(C(=O)NCc2cccc(CN3CCC(C)CC3)c2)ccc1=O. The molecule has 1 N–H and O–H groups in total. The Morgan fingerprint density at radius 1 is 1.21 bits per heavy atom. The van der Waals surface area contributed by atoms with Crippen LogP contribution in [0.5, 0.6) is 0 Å². The summed E-state index contributed by atoms with van der Waals surface area (Å²) in [5.41, 5.74) is 2.28. The highest BCUT2D eigenvalue weighted by Gasteiger charge is 2.16. The molecular formula is C22H30N4O3. The van der Waals surface area contributed by atoms with E-state index in [1.807, 2.05) is 12.1 Å². The van der Waals surface area contributed by atoms with Crippen LogP contribution in [0, 0.1) is 5.92 Å². The molecule has 0 unspecified atom stereocenters. The first-order valence-electron chi connectivity index (χ1n) is 10.2. The van der Waals surface area contributed by atoms with Gasteiger partial charge >= 0.3 is 0 Å². The molecule has 0 aliphatic carbocycles. The van der Waals surface area contributed by atoms with Gasteiger partial charge in [-0.05, 0) is 49.0 Å². The van der Waals surface area contributed by atoms with Crippen molar-refractivity contribution in [3.63, 3.8) is 0 Å². The zero-order valence-electron chi connectivity index (χ0n) is 17.3. The Balaban J connectivity index is 1.57. The van der Waals surface area contributed by atoms with E-state index >= 15 is 0 Å². The van der Waals surface area contributed by atoms with E-state index in [4.69, 9.17) is 4.74 Å². The molecule has 0 bridgehead atoms. The molecule has 1 amide bonds. The zero-order chi connectivity index (χ0) is 20.6. The molecule has 2 aromatic rings. The summed E-state index contributed by atoms with van der Waals surface area (Å²) in [7, 11) is 1.56. The minimum absolute atomic E-state index is 0.222. The number of carbonyl (C=O) groups is 1. The Labute approximate surface area is 171 Å². The van der Waals surface area contributed by atoms with E-state index in [-0.39, 0.29) is 17.2 Å². The summed E-state index contributed by atoms with van der Waals surface area (Å²) in [6, 6.07) is 11.1. The van der Waals surface area contributed by atoms with Gasteiger partial charge in [0.2, 0.25) is 0 Å². The molecule has 0 saturated carbocycles. The summed E-state index contributed by atoms with van der Waals surface area (Å²) in [5, 5.41) is 7.02. The van der Waals surface area contributed by atoms with Crippen molar-refractivity contribution in [2.45, 2.75) is 39.4 Å². The lowest BCUT2D eigenvalue weighted by molar-refractivity contribution is 0.0942. The number of amides is 1. The van der Waals surface area contributed by atoms with Gasteiger partial charge in [0.1, 0.15) is 5.69 Å². The fourth-order valence-electron chi connectivity index (χ4n) is 3.50. The summed E-state index contributed by atoms with van der Waals surface area (Å²) in [5.74, 6) is 0.525. The second kappa shape index (κ2) is 10.3. The highest BCUT2D eigenvalue weighted by Crippen LogP contribution is 2.18. The van der Waals surface area contributed by atoms with Crippen molar-refractivity contribution in [1.82, 2.24) is 20.0 Å². The van der Waals surface area contributed by atoms with Crippen molar-refractivity contribution in [2.75, 3.05) is 26.8 Å². The van der Waals surface area contributed by atoms with Gasteiger partial charge in [0.05, 0.1) is 13.2 Å². The molecule has 0 spiro atoms. The number of rotatable bonds is 8. The van der Waals surface area contributed by atoms with Gasteiger partial charge in [-0.3, -0.25) is 14.5 Å². The molecule has 1 aliphatic rings. The highest BCUT2D eigenvalue weighted by atomic mass is 16.5. The predicted molar refractivity (Wildman–Crippen MR) is 112 cm³/mol. The van der Waals surface area contributed by atoms with Crippen LogP contribution in [0.3, 0.4) is 0 Å². The normalized spacial score (nSPS) is 15.4. The van der Waals surface area contributed by atoms with Crippen LogP contribution in [0.1, 0.15) is 41.4 Å². The lowest BCUT2D eigenvalue weighted by Gasteiger charge is -2.30. The standard InChI is InChI=1S/C22H30N4O3/c1-17-8-10-25(11-9-17)16-19-5-3-4-18(14-19)15-23-22(28)20-6-7-21(27)26(24-20)12-13-29-2/h3-7,14,17H,8-13,15-16H2,1-2H3,(H,23,28). The summed E-state index contributed by atoms with van der Waals surface area (Å²) in [6.07, 6.45) is 2.52. The van der Waals surface area contributed by atoms with E-state index in [9.17, 15) is 9.59 Å². The first-order valence-corrected chi connectivity index (χ1v) is 10.2. The number of benzene rings is 1. The average molecular weight is 399 g/mol. The summed E-state index contributed by atoms with van der Waals surface area (Å²) < 4.78 is 6.22. The largest absolute Gasteiger partial charge is 0.383 e. The third-order valence-electron chi connectivity index (χ3n) is 5.33. The van der Waals surface area contributed by atoms with Crippen molar-refractivity contribution in [3.8, 4) is 0 Å². The fraction of sp³-hybridized carbons (Fsp3) is 0.500. The van der Waals surface area contributed by atoms with E-state index in [2.05, 4.69) is 34.4 Å². The van der Waals surface area contributed by atoms with Crippen molar-refractivity contribution in [2.24, 2.45) is 5.92 Å².